The van der Waals surface area contributed by atoms with Crippen molar-refractivity contribution in [2.75, 3.05) is 76.1 Å². The highest BCUT2D eigenvalue weighted by Crippen LogP contribution is 2.31. The molecule has 0 bridgehead atoms. The van der Waals surface area contributed by atoms with E-state index in [1.165, 1.54) is 5.56 Å². The van der Waals surface area contributed by atoms with Gasteiger partial charge in [0.05, 0.1) is 32.6 Å². The van der Waals surface area contributed by atoms with Crippen LogP contribution in [0.5, 0.6) is 5.88 Å². The van der Waals surface area contributed by atoms with E-state index in [4.69, 9.17) is 19.2 Å². The molecule has 8 nitrogen and oxygen atoms in total. The number of rotatable bonds is 8. The van der Waals surface area contributed by atoms with Gasteiger partial charge in [-0.2, -0.15) is 10.1 Å². The van der Waals surface area contributed by atoms with Gasteiger partial charge in [0.1, 0.15) is 6.61 Å². The Morgan fingerprint density at radius 1 is 1.06 bits per heavy atom. The van der Waals surface area contributed by atoms with Crippen LogP contribution in [0.3, 0.4) is 0 Å². The van der Waals surface area contributed by atoms with Crippen LogP contribution in [0.25, 0.3) is 0 Å². The maximum atomic E-state index is 6.15. The summed E-state index contributed by atoms with van der Waals surface area (Å²) >= 11 is 0. The predicted octanol–water partition coefficient (Wildman–Crippen LogP) is 2.69. The minimum absolute atomic E-state index is 0.590. The number of hydrogen-bond donors (Lipinski definition) is 1. The largest absolute Gasteiger partial charge is 0.476 e. The summed E-state index contributed by atoms with van der Waals surface area (Å²) < 4.78 is 17.1. The number of nitrogens with one attached hydrogen (secondary N) is 1. The number of anilines is 2. The van der Waals surface area contributed by atoms with Crippen LogP contribution in [-0.2, 0) is 9.47 Å². The van der Waals surface area contributed by atoms with Crippen LogP contribution in [0.4, 0.5) is 11.5 Å². The number of aromatic nitrogens is 1. The van der Waals surface area contributed by atoms with Crippen LogP contribution in [0.15, 0.2) is 35.4 Å². The van der Waals surface area contributed by atoms with Crippen molar-refractivity contribution < 1.29 is 14.2 Å². The average Bonchev–Trinajstić information content (AvgIpc) is 2.82. The summed E-state index contributed by atoms with van der Waals surface area (Å²) in [6.07, 6.45) is 1.81. The van der Waals surface area contributed by atoms with Gasteiger partial charge in [0.2, 0.25) is 5.88 Å². The minimum Gasteiger partial charge on any atom is -0.476 e. The zero-order valence-corrected chi connectivity index (χ0v) is 19.0. The summed E-state index contributed by atoms with van der Waals surface area (Å²) in [7, 11) is 0. The Balaban J connectivity index is 1.48. The van der Waals surface area contributed by atoms with E-state index < -0.39 is 0 Å². The highest BCUT2D eigenvalue weighted by Gasteiger charge is 2.19. The fourth-order valence-electron chi connectivity index (χ4n) is 3.92. The fraction of sp³-hybridized carbons (Fsp3) is 0.500. The lowest BCUT2D eigenvalue weighted by atomic mass is 10.2. The Bertz CT molecular complexity index is 909. The smallest absolute Gasteiger partial charge is 0.220 e. The fourth-order valence-corrected chi connectivity index (χ4v) is 3.92. The van der Waals surface area contributed by atoms with Crippen molar-refractivity contribution in [2.24, 2.45) is 5.10 Å². The molecule has 32 heavy (non-hydrogen) atoms. The Labute approximate surface area is 190 Å². The van der Waals surface area contributed by atoms with E-state index in [0.717, 1.165) is 76.0 Å². The third-order valence-electron chi connectivity index (χ3n) is 5.74. The summed E-state index contributed by atoms with van der Waals surface area (Å²) in [6, 6.07) is 10.3. The maximum absolute atomic E-state index is 6.15. The van der Waals surface area contributed by atoms with E-state index >= 15 is 0 Å². The number of aryl methyl sites for hydroxylation is 1. The molecule has 8 heteroatoms. The minimum atomic E-state index is 0.590. The Morgan fingerprint density at radius 2 is 1.81 bits per heavy atom. The molecule has 0 aliphatic carbocycles. The van der Waals surface area contributed by atoms with Crippen molar-refractivity contribution in [1.82, 2.24) is 9.88 Å². The molecule has 0 radical (unpaired) electrons. The van der Waals surface area contributed by atoms with Crippen molar-refractivity contribution in [3.8, 4) is 5.88 Å². The van der Waals surface area contributed by atoms with Crippen molar-refractivity contribution >= 4 is 17.7 Å². The van der Waals surface area contributed by atoms with Gasteiger partial charge in [0.25, 0.3) is 0 Å². The Hall–Kier alpha value is -2.68. The number of pyridine rings is 1. The molecular weight excluding hydrogens is 406 g/mol. The highest BCUT2D eigenvalue weighted by molar-refractivity contribution is 5.80. The zero-order valence-electron chi connectivity index (χ0n) is 19.0. The van der Waals surface area contributed by atoms with Gasteiger partial charge in [-0.3, -0.25) is 10.3 Å². The number of hydrazone groups is 1. The van der Waals surface area contributed by atoms with Gasteiger partial charge in [-0.25, -0.2) is 0 Å². The first-order valence-electron chi connectivity index (χ1n) is 11.3. The zero-order chi connectivity index (χ0) is 22.2. The average molecular weight is 440 g/mol. The second-order valence-electron chi connectivity index (χ2n) is 8.14. The molecule has 0 unspecified atom stereocenters. The van der Waals surface area contributed by atoms with Gasteiger partial charge in [-0.1, -0.05) is 29.8 Å². The number of nitrogens with zero attached hydrogens (tertiary/aromatic N) is 4. The third-order valence-corrected chi connectivity index (χ3v) is 5.74. The van der Waals surface area contributed by atoms with Crippen LogP contribution in [0, 0.1) is 13.8 Å². The number of morpholine rings is 2. The molecule has 172 valence electrons. The molecule has 1 aromatic heterocycles. The second kappa shape index (κ2) is 11.3. The molecule has 2 fully saturated rings. The predicted molar refractivity (Wildman–Crippen MR) is 127 cm³/mol. The van der Waals surface area contributed by atoms with Crippen LogP contribution >= 0.6 is 0 Å². The molecule has 2 aliphatic heterocycles. The van der Waals surface area contributed by atoms with Gasteiger partial charge in [0, 0.05) is 50.0 Å². The topological polar surface area (TPSA) is 71.5 Å². The summed E-state index contributed by atoms with van der Waals surface area (Å²) in [5.74, 6) is 1.32. The van der Waals surface area contributed by atoms with Gasteiger partial charge in [-0.15, -0.1) is 0 Å². The van der Waals surface area contributed by atoms with Gasteiger partial charge >= 0.3 is 0 Å². The lowest BCUT2D eigenvalue weighted by molar-refractivity contribution is 0.0319. The molecule has 0 amide bonds. The molecule has 4 rings (SSSR count). The monoisotopic (exact) mass is 439 g/mol. The molecule has 1 aromatic carbocycles. The van der Waals surface area contributed by atoms with E-state index in [1.54, 1.807) is 0 Å². The summed E-state index contributed by atoms with van der Waals surface area (Å²) in [6.45, 7) is 12.2. The molecule has 1 N–H and O–H groups in total. The lowest BCUT2D eigenvalue weighted by Gasteiger charge is -2.31. The van der Waals surface area contributed by atoms with Gasteiger partial charge in [0.15, 0.2) is 5.82 Å². The van der Waals surface area contributed by atoms with E-state index in [0.29, 0.717) is 18.3 Å². The van der Waals surface area contributed by atoms with Crippen LogP contribution in [-0.4, -0.2) is 81.9 Å². The van der Waals surface area contributed by atoms with Crippen LogP contribution in [0.2, 0.25) is 0 Å². The normalized spacial score (nSPS) is 17.6. The van der Waals surface area contributed by atoms with E-state index in [2.05, 4.69) is 46.3 Å². The molecule has 0 spiro atoms. The number of ether oxygens (including phenoxy) is 3. The molecule has 2 aliphatic rings. The van der Waals surface area contributed by atoms with E-state index in [-0.39, 0.29) is 0 Å². The first-order valence-corrected chi connectivity index (χ1v) is 11.3. The second-order valence-corrected chi connectivity index (χ2v) is 8.14. The van der Waals surface area contributed by atoms with Gasteiger partial charge < -0.3 is 19.1 Å². The first kappa shape index (κ1) is 22.5. The summed E-state index contributed by atoms with van der Waals surface area (Å²) in [5, 5.41) is 4.41. The third kappa shape index (κ3) is 6.18. The van der Waals surface area contributed by atoms with Crippen molar-refractivity contribution in [2.45, 2.75) is 13.8 Å². The summed E-state index contributed by atoms with van der Waals surface area (Å²) in [5.41, 5.74) is 7.49. The van der Waals surface area contributed by atoms with Gasteiger partial charge in [-0.05, 0) is 19.4 Å². The molecule has 3 heterocycles. The number of hydrogen-bond acceptors (Lipinski definition) is 8. The van der Waals surface area contributed by atoms with Crippen molar-refractivity contribution in [1.29, 1.82) is 0 Å². The maximum Gasteiger partial charge on any atom is 0.220 e. The first-order chi connectivity index (χ1) is 15.7. The van der Waals surface area contributed by atoms with Crippen LogP contribution in [0.1, 0.15) is 16.7 Å². The molecule has 2 aromatic rings. The van der Waals surface area contributed by atoms with Crippen molar-refractivity contribution in [3.05, 3.63) is 47.0 Å². The standard InChI is InChI=1S/C24H33N5O3/c1-19-4-3-5-21(16-19)18-25-27-23-17-22(29-9-13-31-14-10-29)20(2)24(26-23)32-15-8-28-6-11-30-12-7-28/h3-5,16-18H,6-15H2,1-2H3,(H,26,27). The summed E-state index contributed by atoms with van der Waals surface area (Å²) in [4.78, 5) is 9.39. The SMILES string of the molecule is Cc1cccc(C=NNc2cc(N3CCOCC3)c(C)c(OCCN3CCOCC3)n2)c1. The van der Waals surface area contributed by atoms with E-state index in [1.807, 2.05) is 24.4 Å². The Morgan fingerprint density at radius 3 is 2.56 bits per heavy atom. The quantitative estimate of drug-likeness (QED) is 0.501. The number of benzene rings is 1. The molecule has 0 saturated carbocycles. The van der Waals surface area contributed by atoms with Crippen molar-refractivity contribution in [3.63, 3.8) is 0 Å². The molecule has 0 atom stereocenters. The molecule has 2 saturated heterocycles. The van der Waals surface area contributed by atoms with Crippen LogP contribution < -0.4 is 15.1 Å². The highest BCUT2D eigenvalue weighted by atomic mass is 16.5. The molecular formula is C24H33N5O3. The lowest BCUT2D eigenvalue weighted by Crippen LogP contribution is -2.38. The Kier molecular flexibility index (Phi) is 7.92. The van der Waals surface area contributed by atoms with E-state index in [9.17, 15) is 0 Å².